The normalized spacial score (nSPS) is 19.0. The summed E-state index contributed by atoms with van der Waals surface area (Å²) in [6.07, 6.45) is 0.102. The highest BCUT2D eigenvalue weighted by Crippen LogP contribution is 2.50. The molecule has 3 heterocycles. The van der Waals surface area contributed by atoms with Gasteiger partial charge in [0.1, 0.15) is 5.82 Å². The minimum atomic E-state index is -4.60. The molecule has 0 spiro atoms. The Kier molecular flexibility index (Phi) is 5.22. The molecule has 1 atom stereocenters. The van der Waals surface area contributed by atoms with E-state index in [1.165, 1.54) is 28.4 Å². The van der Waals surface area contributed by atoms with Crippen LogP contribution in [0.3, 0.4) is 0 Å². The van der Waals surface area contributed by atoms with E-state index in [1.807, 2.05) is 16.8 Å². The molecule has 5 rings (SSSR count). The average molecular weight is 466 g/mol. The molecule has 0 radical (unpaired) electrons. The molecule has 0 saturated carbocycles. The largest absolute Gasteiger partial charge is 0.418 e. The summed E-state index contributed by atoms with van der Waals surface area (Å²) in [5.41, 5.74) is 1.09. The number of carbonyl (C=O) groups excluding carboxylic acids is 1. The van der Waals surface area contributed by atoms with E-state index in [1.54, 1.807) is 35.2 Å². The Labute approximate surface area is 192 Å². The second-order valence-corrected chi connectivity index (χ2v) is 8.70. The molecule has 0 amide bonds. The van der Waals surface area contributed by atoms with Gasteiger partial charge in [-0.05, 0) is 59.5 Å². The topological polar surface area (TPSA) is 49.0 Å². The zero-order valence-corrected chi connectivity index (χ0v) is 18.2. The molecule has 33 heavy (non-hydrogen) atoms. The highest BCUT2D eigenvalue weighted by atomic mass is 32.1. The van der Waals surface area contributed by atoms with Crippen LogP contribution in [0, 0.1) is 11.3 Å². The molecule has 0 bridgehead atoms. The fraction of sp³-hybridized carbons (Fsp3) is 0.200. The van der Waals surface area contributed by atoms with E-state index < -0.39 is 17.7 Å². The van der Waals surface area contributed by atoms with Gasteiger partial charge in [0, 0.05) is 30.1 Å². The number of nitriles is 1. The quantitative estimate of drug-likeness (QED) is 0.440. The maximum absolute atomic E-state index is 14.1. The molecule has 1 aromatic carbocycles. The van der Waals surface area contributed by atoms with Crippen molar-refractivity contribution in [2.24, 2.45) is 0 Å². The predicted molar refractivity (Wildman–Crippen MR) is 120 cm³/mol. The number of carbonyl (C=O) groups is 1. The average Bonchev–Trinajstić information content (AvgIpc) is 3.51. The standard InChI is InChI=1S/C25H18F3N3OS/c26-25(27,28)18-6-1-2-7-19(18)31-20-8-5-9-21(32)23(20)22(16-10-13-33-15-16)17(14-29)24(31)30-11-3-4-12-30/h1-4,6-7,10-13,15,22H,5,8-9H2. The molecular formula is C25H18F3N3OS. The lowest BCUT2D eigenvalue weighted by molar-refractivity contribution is -0.137. The Morgan fingerprint density at radius 2 is 1.82 bits per heavy atom. The van der Waals surface area contributed by atoms with Gasteiger partial charge >= 0.3 is 6.18 Å². The van der Waals surface area contributed by atoms with Crippen molar-refractivity contribution in [3.05, 3.63) is 93.6 Å². The van der Waals surface area contributed by atoms with Gasteiger partial charge in [-0.15, -0.1) is 0 Å². The molecule has 2 aliphatic rings. The van der Waals surface area contributed by atoms with Crippen molar-refractivity contribution in [3.63, 3.8) is 0 Å². The Balaban J connectivity index is 1.88. The molecule has 8 heteroatoms. The van der Waals surface area contributed by atoms with E-state index in [-0.39, 0.29) is 17.0 Å². The Morgan fingerprint density at radius 3 is 2.48 bits per heavy atom. The molecule has 1 unspecified atom stereocenters. The molecule has 0 saturated heterocycles. The third-order valence-electron chi connectivity index (χ3n) is 6.03. The first kappa shape index (κ1) is 21.3. The zero-order chi connectivity index (χ0) is 23.2. The minimum Gasteiger partial charge on any atom is -0.309 e. The van der Waals surface area contributed by atoms with Crippen LogP contribution >= 0.6 is 11.3 Å². The van der Waals surface area contributed by atoms with Gasteiger partial charge in [-0.25, -0.2) is 0 Å². The third-order valence-corrected chi connectivity index (χ3v) is 6.73. The molecule has 0 N–H and O–H groups in total. The lowest BCUT2D eigenvalue weighted by Crippen LogP contribution is -2.37. The maximum atomic E-state index is 14.1. The van der Waals surface area contributed by atoms with E-state index in [4.69, 9.17) is 0 Å². The molecular weight excluding hydrogens is 447 g/mol. The summed E-state index contributed by atoms with van der Waals surface area (Å²) in [6.45, 7) is 0. The number of ketones is 1. The van der Waals surface area contributed by atoms with Crippen molar-refractivity contribution in [1.29, 1.82) is 5.26 Å². The van der Waals surface area contributed by atoms with Crippen LogP contribution in [-0.4, -0.2) is 10.4 Å². The number of halogens is 3. The van der Waals surface area contributed by atoms with Gasteiger partial charge in [-0.1, -0.05) is 12.1 Å². The van der Waals surface area contributed by atoms with Crippen molar-refractivity contribution >= 4 is 28.6 Å². The van der Waals surface area contributed by atoms with Crippen LogP contribution in [0.4, 0.5) is 18.9 Å². The number of hydrogen-bond acceptors (Lipinski definition) is 4. The van der Waals surface area contributed by atoms with E-state index in [0.717, 1.165) is 11.6 Å². The predicted octanol–water partition coefficient (Wildman–Crippen LogP) is 6.57. The van der Waals surface area contributed by atoms with Gasteiger partial charge in [-0.2, -0.15) is 29.8 Å². The Bertz CT molecular complexity index is 1310. The Morgan fingerprint density at radius 1 is 1.06 bits per heavy atom. The van der Waals surface area contributed by atoms with Crippen LogP contribution in [0.2, 0.25) is 0 Å². The molecule has 0 fully saturated rings. The van der Waals surface area contributed by atoms with E-state index >= 15 is 0 Å². The number of alkyl halides is 3. The summed E-state index contributed by atoms with van der Waals surface area (Å²) in [5, 5.41) is 14.1. The van der Waals surface area contributed by atoms with Crippen molar-refractivity contribution in [2.75, 3.05) is 4.90 Å². The monoisotopic (exact) mass is 465 g/mol. The van der Waals surface area contributed by atoms with Crippen molar-refractivity contribution in [1.82, 2.24) is 4.57 Å². The highest BCUT2D eigenvalue weighted by molar-refractivity contribution is 7.08. The van der Waals surface area contributed by atoms with Crippen molar-refractivity contribution in [3.8, 4) is 6.07 Å². The first-order chi connectivity index (χ1) is 15.9. The van der Waals surface area contributed by atoms with Gasteiger partial charge in [0.25, 0.3) is 0 Å². The number of nitrogens with zero attached hydrogens (tertiary/aromatic N) is 3. The molecule has 166 valence electrons. The van der Waals surface area contributed by atoms with Crippen molar-refractivity contribution in [2.45, 2.75) is 31.4 Å². The number of aromatic nitrogens is 1. The first-order valence-electron chi connectivity index (χ1n) is 10.4. The fourth-order valence-corrected chi connectivity index (χ4v) is 5.40. The van der Waals surface area contributed by atoms with Gasteiger partial charge in [0.15, 0.2) is 5.78 Å². The van der Waals surface area contributed by atoms with Crippen LogP contribution in [0.5, 0.6) is 0 Å². The second kappa shape index (κ2) is 8.09. The van der Waals surface area contributed by atoms with Crippen molar-refractivity contribution < 1.29 is 18.0 Å². The number of benzene rings is 1. The van der Waals surface area contributed by atoms with E-state index in [0.29, 0.717) is 36.4 Å². The van der Waals surface area contributed by atoms with Crippen LogP contribution in [0.1, 0.15) is 36.3 Å². The zero-order valence-electron chi connectivity index (χ0n) is 17.3. The number of hydrogen-bond donors (Lipinski definition) is 0. The number of anilines is 1. The summed E-state index contributed by atoms with van der Waals surface area (Å²) < 4.78 is 43.8. The van der Waals surface area contributed by atoms with Gasteiger partial charge in [0.05, 0.1) is 28.8 Å². The van der Waals surface area contributed by atoms with Gasteiger partial charge in [-0.3, -0.25) is 9.69 Å². The number of allylic oxidation sites excluding steroid dienone is 3. The van der Waals surface area contributed by atoms with Crippen LogP contribution in [0.25, 0.3) is 5.82 Å². The molecule has 4 nitrogen and oxygen atoms in total. The number of Topliss-reactive ketones (excluding diaryl/α,β-unsaturated/α-hetero) is 1. The Hall–Kier alpha value is -3.57. The number of thiophene rings is 1. The summed E-state index contributed by atoms with van der Waals surface area (Å²) in [5.74, 6) is -0.416. The molecule has 1 aliphatic carbocycles. The van der Waals surface area contributed by atoms with Gasteiger partial charge < -0.3 is 4.57 Å². The summed E-state index contributed by atoms with van der Waals surface area (Å²) in [4.78, 5) is 14.7. The lowest BCUT2D eigenvalue weighted by atomic mass is 9.76. The molecule has 1 aliphatic heterocycles. The maximum Gasteiger partial charge on any atom is 0.418 e. The minimum absolute atomic E-state index is 0.0904. The smallest absolute Gasteiger partial charge is 0.309 e. The molecule has 3 aromatic rings. The lowest BCUT2D eigenvalue weighted by Gasteiger charge is -2.41. The van der Waals surface area contributed by atoms with Crippen LogP contribution in [0.15, 0.2) is 82.5 Å². The number of rotatable bonds is 3. The summed E-state index contributed by atoms with van der Waals surface area (Å²) in [7, 11) is 0. The van der Waals surface area contributed by atoms with E-state index in [2.05, 4.69) is 6.07 Å². The SMILES string of the molecule is N#CC1=C(n2cccc2)N(c2ccccc2C(F)(F)F)C2=C(C(=O)CCC2)C1c1ccsc1. The third kappa shape index (κ3) is 3.49. The summed E-state index contributed by atoms with van der Waals surface area (Å²) >= 11 is 1.45. The van der Waals surface area contributed by atoms with Crippen LogP contribution in [-0.2, 0) is 11.0 Å². The fourth-order valence-electron chi connectivity index (χ4n) is 4.71. The van der Waals surface area contributed by atoms with Gasteiger partial charge in [0.2, 0.25) is 0 Å². The second-order valence-electron chi connectivity index (χ2n) is 7.92. The first-order valence-corrected chi connectivity index (χ1v) is 11.4. The van der Waals surface area contributed by atoms with Crippen LogP contribution < -0.4 is 4.90 Å². The highest BCUT2D eigenvalue weighted by Gasteiger charge is 2.44. The van der Waals surface area contributed by atoms with E-state index in [9.17, 15) is 23.2 Å². The molecule has 2 aromatic heterocycles. The number of para-hydroxylation sites is 1. The summed E-state index contributed by atoms with van der Waals surface area (Å²) in [6, 6.07) is 12.9.